The van der Waals surface area contributed by atoms with Crippen molar-refractivity contribution in [3.8, 4) is 0 Å². The number of hydrogen-bond acceptors (Lipinski definition) is 4. The third-order valence-corrected chi connectivity index (χ3v) is 0.680. The Kier molecular flexibility index (Phi) is 4.01. The van der Waals surface area contributed by atoms with Gasteiger partial charge >= 0.3 is 0 Å². The highest BCUT2D eigenvalue weighted by Crippen LogP contribution is 1.78. The number of hydroxylamine groups is 1. The Morgan fingerprint density at radius 3 is 2.38 bits per heavy atom. The summed E-state index contributed by atoms with van der Waals surface area (Å²) in [6.45, 7) is 0. The minimum atomic E-state index is -0.743. The minimum Gasteiger partial charge on any atom is -0.316 e. The van der Waals surface area contributed by atoms with Crippen molar-refractivity contribution in [3.63, 3.8) is 0 Å². The highest BCUT2D eigenvalue weighted by molar-refractivity contribution is 5.64. The Balaban J connectivity index is 3.35. The van der Waals surface area contributed by atoms with Crippen molar-refractivity contribution in [2.24, 2.45) is 0 Å². The molecule has 0 aromatic heterocycles. The van der Waals surface area contributed by atoms with Gasteiger partial charge in [-0.3, -0.25) is 0 Å². The summed E-state index contributed by atoms with van der Waals surface area (Å²) in [5.74, 6) is 0. The molecule has 0 aromatic carbocycles. The van der Waals surface area contributed by atoms with E-state index in [0.29, 0.717) is 12.6 Å². The largest absolute Gasteiger partial charge is 0.316 e. The molecule has 1 atom stereocenters. The van der Waals surface area contributed by atoms with Crippen molar-refractivity contribution in [1.29, 1.82) is 0 Å². The van der Waals surface area contributed by atoms with Crippen LogP contribution < -0.4 is 5.48 Å². The third kappa shape index (κ3) is 2.44. The van der Waals surface area contributed by atoms with Gasteiger partial charge in [-0.2, -0.15) is 5.48 Å². The Morgan fingerprint density at radius 1 is 1.62 bits per heavy atom. The predicted octanol–water partition coefficient (Wildman–Crippen LogP) is -0.878. The highest BCUT2D eigenvalue weighted by Gasteiger charge is 2.00. The van der Waals surface area contributed by atoms with Gasteiger partial charge in [0.1, 0.15) is 12.6 Å². The smallest absolute Gasteiger partial charge is 0.139 e. The zero-order chi connectivity index (χ0) is 6.41. The Hall–Kier alpha value is -0.740. The summed E-state index contributed by atoms with van der Waals surface area (Å²) < 4.78 is 0. The minimum absolute atomic E-state index is 0.0139. The van der Waals surface area contributed by atoms with E-state index in [4.69, 9.17) is 5.21 Å². The van der Waals surface area contributed by atoms with Gasteiger partial charge in [0.2, 0.25) is 0 Å². The maximum atomic E-state index is 9.74. The van der Waals surface area contributed by atoms with Crippen molar-refractivity contribution in [1.82, 2.24) is 5.48 Å². The van der Waals surface area contributed by atoms with Crippen LogP contribution in [-0.2, 0) is 9.59 Å². The normalized spacial score (nSPS) is 12.6. The molecule has 0 rings (SSSR count). The zero-order valence-electron chi connectivity index (χ0n) is 4.20. The second-order valence-corrected chi connectivity index (χ2v) is 1.27. The van der Waals surface area contributed by atoms with E-state index in [0.717, 1.165) is 0 Å². The lowest BCUT2D eigenvalue weighted by Crippen LogP contribution is -2.27. The number of carbonyl (C=O) groups is 2. The van der Waals surface area contributed by atoms with Crippen LogP contribution >= 0.6 is 0 Å². The van der Waals surface area contributed by atoms with Crippen molar-refractivity contribution < 1.29 is 14.8 Å². The number of aldehydes is 2. The molecule has 1 unspecified atom stereocenters. The van der Waals surface area contributed by atoms with E-state index in [2.05, 4.69) is 0 Å². The summed E-state index contributed by atoms with van der Waals surface area (Å²) in [6, 6.07) is -0.743. The molecule has 0 saturated heterocycles. The number of rotatable bonds is 4. The number of nitrogens with one attached hydrogen (secondary N) is 1. The second kappa shape index (κ2) is 4.42. The van der Waals surface area contributed by atoms with Crippen LogP contribution in [-0.4, -0.2) is 23.8 Å². The van der Waals surface area contributed by atoms with Gasteiger partial charge in [0.05, 0.1) is 6.04 Å². The van der Waals surface area contributed by atoms with Gasteiger partial charge in [-0.05, 0) is 0 Å². The second-order valence-electron chi connectivity index (χ2n) is 1.27. The summed E-state index contributed by atoms with van der Waals surface area (Å²) in [7, 11) is 0. The zero-order valence-corrected chi connectivity index (χ0v) is 4.20. The molecule has 0 saturated carbocycles. The van der Waals surface area contributed by atoms with Crippen LogP contribution in [0.2, 0.25) is 0 Å². The SMILES string of the molecule is O=CCC(C=O)NO. The maximum Gasteiger partial charge on any atom is 0.139 e. The molecule has 0 aliphatic rings. The first-order valence-electron chi connectivity index (χ1n) is 2.13. The summed E-state index contributed by atoms with van der Waals surface area (Å²) in [4.78, 5) is 19.4. The molecule has 0 bridgehead atoms. The van der Waals surface area contributed by atoms with E-state index < -0.39 is 6.04 Å². The van der Waals surface area contributed by atoms with Gasteiger partial charge in [0.15, 0.2) is 0 Å². The van der Waals surface area contributed by atoms with E-state index in [-0.39, 0.29) is 6.42 Å². The average molecular weight is 117 g/mol. The Bertz CT molecular complexity index is 83.4. The molecule has 4 heteroatoms. The van der Waals surface area contributed by atoms with E-state index in [1.54, 1.807) is 5.48 Å². The molecule has 0 radical (unpaired) electrons. The predicted molar refractivity (Wildman–Crippen MR) is 25.5 cm³/mol. The van der Waals surface area contributed by atoms with Crippen LogP contribution in [0.1, 0.15) is 6.42 Å². The van der Waals surface area contributed by atoms with Crippen molar-refractivity contribution in [2.75, 3.05) is 0 Å². The van der Waals surface area contributed by atoms with E-state index in [1.165, 1.54) is 0 Å². The molecule has 46 valence electrons. The molecular weight excluding hydrogens is 110 g/mol. The van der Waals surface area contributed by atoms with Crippen LogP contribution in [0.15, 0.2) is 0 Å². The summed E-state index contributed by atoms with van der Waals surface area (Å²) in [6.07, 6.45) is 1.04. The third-order valence-electron chi connectivity index (χ3n) is 0.680. The molecule has 4 nitrogen and oxygen atoms in total. The Labute approximate surface area is 46.5 Å². The molecule has 0 amide bonds. The fourth-order valence-electron chi connectivity index (χ4n) is 0.242. The van der Waals surface area contributed by atoms with E-state index in [9.17, 15) is 9.59 Å². The lowest BCUT2D eigenvalue weighted by molar-refractivity contribution is -0.116. The standard InChI is InChI=1S/C4H7NO3/c6-2-1-4(3-7)5-8/h2-5,8H,1H2. The lowest BCUT2D eigenvalue weighted by Gasteiger charge is -1.98. The number of hydrogen-bond donors (Lipinski definition) is 2. The highest BCUT2D eigenvalue weighted by atomic mass is 16.5. The number of carbonyl (C=O) groups excluding carboxylic acids is 2. The molecule has 2 N–H and O–H groups in total. The van der Waals surface area contributed by atoms with E-state index >= 15 is 0 Å². The molecule has 0 heterocycles. The van der Waals surface area contributed by atoms with Gasteiger partial charge in [-0.15, -0.1) is 0 Å². The van der Waals surface area contributed by atoms with Gasteiger partial charge in [0, 0.05) is 6.42 Å². The quantitative estimate of drug-likeness (QED) is 0.370. The van der Waals surface area contributed by atoms with Crippen molar-refractivity contribution in [2.45, 2.75) is 12.5 Å². The van der Waals surface area contributed by atoms with Crippen LogP contribution in [0, 0.1) is 0 Å². The molecule has 0 aromatic rings. The monoisotopic (exact) mass is 117 g/mol. The molecule has 0 fully saturated rings. The first kappa shape index (κ1) is 7.26. The van der Waals surface area contributed by atoms with Crippen molar-refractivity contribution in [3.05, 3.63) is 0 Å². The molecule has 0 aliphatic heterocycles. The van der Waals surface area contributed by atoms with Gasteiger partial charge < -0.3 is 14.8 Å². The van der Waals surface area contributed by atoms with Crippen LogP contribution in [0.25, 0.3) is 0 Å². The Morgan fingerprint density at radius 2 is 2.25 bits per heavy atom. The van der Waals surface area contributed by atoms with Gasteiger partial charge in [-0.25, -0.2) is 0 Å². The maximum absolute atomic E-state index is 9.74. The lowest BCUT2D eigenvalue weighted by atomic mass is 10.3. The fourth-order valence-corrected chi connectivity index (χ4v) is 0.242. The summed E-state index contributed by atoms with van der Waals surface area (Å²) >= 11 is 0. The van der Waals surface area contributed by atoms with Gasteiger partial charge in [0.25, 0.3) is 0 Å². The molecule has 0 spiro atoms. The topological polar surface area (TPSA) is 66.4 Å². The average Bonchev–Trinajstić information content (AvgIpc) is 1.83. The molecule has 0 aliphatic carbocycles. The van der Waals surface area contributed by atoms with Crippen LogP contribution in [0.3, 0.4) is 0 Å². The van der Waals surface area contributed by atoms with Crippen molar-refractivity contribution >= 4 is 12.6 Å². The first-order chi connectivity index (χ1) is 3.85. The van der Waals surface area contributed by atoms with E-state index in [1.807, 2.05) is 0 Å². The van der Waals surface area contributed by atoms with Crippen LogP contribution in [0.4, 0.5) is 0 Å². The summed E-state index contributed by atoms with van der Waals surface area (Å²) in [5, 5.41) is 8.02. The fraction of sp³-hybridized carbons (Fsp3) is 0.500. The summed E-state index contributed by atoms with van der Waals surface area (Å²) in [5.41, 5.74) is 1.65. The molecule has 8 heavy (non-hydrogen) atoms. The first-order valence-corrected chi connectivity index (χ1v) is 2.13. The molecular formula is C4H7NO3. The van der Waals surface area contributed by atoms with Crippen LogP contribution in [0.5, 0.6) is 0 Å². The van der Waals surface area contributed by atoms with Gasteiger partial charge in [-0.1, -0.05) is 0 Å².